The molecule has 2 aliphatic rings. The van der Waals surface area contributed by atoms with Gasteiger partial charge in [0.05, 0.1) is 0 Å². The number of carbonyl (C=O) groups is 2. The summed E-state index contributed by atoms with van der Waals surface area (Å²) in [5, 5.41) is 6.68. The van der Waals surface area contributed by atoms with Crippen LogP contribution in [-0.4, -0.2) is 11.7 Å². The molecule has 2 N–H and O–H groups in total. The lowest BCUT2D eigenvalue weighted by Crippen LogP contribution is -2.37. The monoisotopic (exact) mass is 486 g/mol. The van der Waals surface area contributed by atoms with E-state index in [0.29, 0.717) is 40.4 Å². The first kappa shape index (κ1) is 23.1. The average Bonchev–Trinajstić information content (AvgIpc) is 2.83. The van der Waals surface area contributed by atoms with Crippen molar-refractivity contribution in [2.24, 2.45) is 0 Å². The van der Waals surface area contributed by atoms with E-state index in [9.17, 15) is 14.0 Å². The molecule has 3 aromatic rings. The number of carbonyl (C=O) groups excluding carboxylic acids is 2. The Balaban J connectivity index is 1.57. The van der Waals surface area contributed by atoms with Gasteiger partial charge >= 0.3 is 0 Å². The maximum atomic E-state index is 13.7. The average molecular weight is 487 g/mol. The molecule has 0 saturated carbocycles. The number of hydrogen-bond donors (Lipinski definition) is 2. The molecule has 0 radical (unpaired) electrons. The summed E-state index contributed by atoms with van der Waals surface area (Å²) < 4.78 is 13.7. The van der Waals surface area contributed by atoms with Crippen LogP contribution in [-0.2, 0) is 9.59 Å². The molecule has 5 rings (SSSR count). The third-order valence-electron chi connectivity index (χ3n) is 6.61. The number of anilines is 1. The minimum absolute atomic E-state index is 0.00105. The largest absolute Gasteiger partial charge is 0.362 e. The molecule has 1 heterocycles. The summed E-state index contributed by atoms with van der Waals surface area (Å²) in [6.07, 6.45) is 1.03. The number of allylic oxidation sites excluding steroid dienone is 3. The second kappa shape index (κ2) is 9.51. The van der Waals surface area contributed by atoms with Gasteiger partial charge in [0.25, 0.3) is 5.91 Å². The third kappa shape index (κ3) is 4.64. The molecule has 2 atom stereocenters. The van der Waals surface area contributed by atoms with Crippen molar-refractivity contribution >= 4 is 29.0 Å². The Labute approximate surface area is 208 Å². The predicted molar refractivity (Wildman–Crippen MR) is 136 cm³/mol. The lowest BCUT2D eigenvalue weighted by atomic mass is 9.71. The first-order valence-electron chi connectivity index (χ1n) is 11.5. The van der Waals surface area contributed by atoms with Crippen LogP contribution in [0, 0.1) is 5.82 Å². The van der Waals surface area contributed by atoms with Crippen LogP contribution < -0.4 is 10.6 Å². The van der Waals surface area contributed by atoms with Crippen molar-refractivity contribution in [2.75, 3.05) is 5.32 Å². The van der Waals surface area contributed by atoms with E-state index in [1.54, 1.807) is 18.2 Å². The van der Waals surface area contributed by atoms with Crippen LogP contribution in [0.2, 0.25) is 5.02 Å². The highest BCUT2D eigenvalue weighted by molar-refractivity contribution is 6.30. The zero-order valence-electron chi connectivity index (χ0n) is 19.1. The highest BCUT2D eigenvalue weighted by Gasteiger charge is 2.41. The number of rotatable bonds is 4. The number of benzene rings is 3. The van der Waals surface area contributed by atoms with Crippen LogP contribution in [0.3, 0.4) is 0 Å². The summed E-state index contributed by atoms with van der Waals surface area (Å²) in [5.74, 6) is -1.36. The van der Waals surface area contributed by atoms with Gasteiger partial charge in [-0.1, -0.05) is 60.1 Å². The lowest BCUT2D eigenvalue weighted by Gasteiger charge is -2.37. The minimum atomic E-state index is -0.581. The van der Waals surface area contributed by atoms with Gasteiger partial charge in [-0.3, -0.25) is 9.59 Å². The van der Waals surface area contributed by atoms with E-state index in [2.05, 4.69) is 10.6 Å². The predicted octanol–water partition coefficient (Wildman–Crippen LogP) is 6.48. The summed E-state index contributed by atoms with van der Waals surface area (Å²) in [6.45, 7) is 1.83. The first-order valence-corrected chi connectivity index (χ1v) is 11.9. The smallest absolute Gasteiger partial charge is 0.254 e. The Morgan fingerprint density at radius 1 is 0.971 bits per heavy atom. The number of hydrogen-bond acceptors (Lipinski definition) is 3. The highest BCUT2D eigenvalue weighted by atomic mass is 35.5. The Bertz CT molecular complexity index is 1380. The summed E-state index contributed by atoms with van der Waals surface area (Å²) in [6, 6.07) is 23.0. The maximum absolute atomic E-state index is 13.7. The number of halogens is 2. The second-order valence-electron chi connectivity index (χ2n) is 8.95. The zero-order chi connectivity index (χ0) is 24.5. The van der Waals surface area contributed by atoms with E-state index in [4.69, 9.17) is 11.6 Å². The highest BCUT2D eigenvalue weighted by Crippen LogP contribution is 2.46. The van der Waals surface area contributed by atoms with Crippen LogP contribution in [0.15, 0.2) is 101 Å². The Morgan fingerprint density at radius 3 is 2.46 bits per heavy atom. The molecular formula is C29H24ClFN2O2. The molecule has 3 aromatic carbocycles. The normalized spacial score (nSPS) is 19.8. The van der Waals surface area contributed by atoms with E-state index in [-0.39, 0.29) is 11.7 Å². The van der Waals surface area contributed by atoms with Gasteiger partial charge in [-0.25, -0.2) is 4.39 Å². The molecule has 35 heavy (non-hydrogen) atoms. The van der Waals surface area contributed by atoms with Crippen molar-refractivity contribution in [3.63, 3.8) is 0 Å². The van der Waals surface area contributed by atoms with Crippen molar-refractivity contribution in [1.29, 1.82) is 0 Å². The maximum Gasteiger partial charge on any atom is 0.254 e. The Hall–Kier alpha value is -3.70. The molecule has 1 aliphatic carbocycles. The molecule has 6 heteroatoms. The van der Waals surface area contributed by atoms with Gasteiger partial charge in [0.15, 0.2) is 5.78 Å². The van der Waals surface area contributed by atoms with Crippen LogP contribution in [0.1, 0.15) is 42.7 Å². The molecule has 0 aromatic heterocycles. The minimum Gasteiger partial charge on any atom is -0.362 e. The molecule has 1 amide bonds. The lowest BCUT2D eigenvalue weighted by molar-refractivity contribution is -0.116. The molecule has 176 valence electrons. The second-order valence-corrected chi connectivity index (χ2v) is 9.38. The van der Waals surface area contributed by atoms with E-state index in [0.717, 1.165) is 16.8 Å². The standard InChI is InChI=1S/C29H24ClFN2O2/c1-17-26(29(35)33-23-12-6-11-22(31)16-23)27(19-9-5-10-21(30)13-19)28-24(32-17)14-20(15-25(28)34)18-7-3-2-4-8-18/h2-13,16,20,27,32H,14-15H2,1H3,(H,33,35)/t20-,27+/m1/s1. The number of nitrogens with one attached hydrogen (secondary N) is 2. The molecule has 0 unspecified atom stereocenters. The van der Waals surface area contributed by atoms with Crippen molar-refractivity contribution in [1.82, 2.24) is 5.32 Å². The van der Waals surface area contributed by atoms with E-state index >= 15 is 0 Å². The van der Waals surface area contributed by atoms with E-state index in [1.165, 1.54) is 18.2 Å². The topological polar surface area (TPSA) is 58.2 Å². The molecule has 0 spiro atoms. The van der Waals surface area contributed by atoms with Crippen molar-refractivity contribution in [3.8, 4) is 0 Å². The van der Waals surface area contributed by atoms with Gasteiger partial charge < -0.3 is 10.6 Å². The van der Waals surface area contributed by atoms with E-state index in [1.807, 2.05) is 49.4 Å². The van der Waals surface area contributed by atoms with Crippen molar-refractivity contribution in [3.05, 3.63) is 123 Å². The van der Waals surface area contributed by atoms with Crippen LogP contribution in [0.5, 0.6) is 0 Å². The quantitative estimate of drug-likeness (QED) is 0.443. The molecule has 0 fully saturated rings. The molecule has 4 nitrogen and oxygen atoms in total. The number of amides is 1. The molecule has 0 bridgehead atoms. The van der Waals surface area contributed by atoms with Crippen LogP contribution >= 0.6 is 11.6 Å². The number of Topliss-reactive ketones (excluding diaryl/α,β-unsaturated/α-hetero) is 1. The van der Waals surface area contributed by atoms with E-state index < -0.39 is 17.6 Å². The Morgan fingerprint density at radius 2 is 1.71 bits per heavy atom. The third-order valence-corrected chi connectivity index (χ3v) is 6.84. The molecule has 1 aliphatic heterocycles. The molecule has 0 saturated heterocycles. The fourth-order valence-electron chi connectivity index (χ4n) is 5.09. The zero-order valence-corrected chi connectivity index (χ0v) is 19.9. The van der Waals surface area contributed by atoms with Crippen LogP contribution in [0.25, 0.3) is 0 Å². The van der Waals surface area contributed by atoms with Gasteiger partial charge in [-0.15, -0.1) is 0 Å². The summed E-state index contributed by atoms with van der Waals surface area (Å²) in [4.78, 5) is 27.2. The van der Waals surface area contributed by atoms with Gasteiger partial charge in [0, 0.05) is 45.6 Å². The van der Waals surface area contributed by atoms with Gasteiger partial charge in [0.2, 0.25) is 0 Å². The molecular weight excluding hydrogens is 463 g/mol. The van der Waals surface area contributed by atoms with Crippen molar-refractivity contribution < 1.29 is 14.0 Å². The Kier molecular flexibility index (Phi) is 6.27. The van der Waals surface area contributed by atoms with Gasteiger partial charge in [0.1, 0.15) is 5.82 Å². The van der Waals surface area contributed by atoms with Crippen LogP contribution in [0.4, 0.5) is 10.1 Å². The van der Waals surface area contributed by atoms with Gasteiger partial charge in [-0.05, 0) is 60.7 Å². The number of dihydropyridines is 1. The number of ketones is 1. The van der Waals surface area contributed by atoms with Gasteiger partial charge in [-0.2, -0.15) is 0 Å². The SMILES string of the molecule is CC1=C(C(=O)Nc2cccc(F)c2)[C@H](c2cccc(Cl)c2)C2=C(C[C@@H](c3ccccc3)CC2=O)N1. The van der Waals surface area contributed by atoms with Crippen molar-refractivity contribution in [2.45, 2.75) is 31.6 Å². The summed E-state index contributed by atoms with van der Waals surface area (Å²) in [7, 11) is 0. The summed E-state index contributed by atoms with van der Waals surface area (Å²) in [5.41, 5.74) is 4.73. The fraction of sp³-hybridized carbons (Fsp3) is 0.172. The summed E-state index contributed by atoms with van der Waals surface area (Å²) >= 11 is 6.31. The first-order chi connectivity index (χ1) is 16.9. The fourth-order valence-corrected chi connectivity index (χ4v) is 5.28.